The van der Waals surface area contributed by atoms with Gasteiger partial charge < -0.3 is 4.42 Å². The normalized spacial score (nSPS) is 12.1. The fraction of sp³-hybridized carbons (Fsp3) is 0.600. The lowest BCUT2D eigenvalue weighted by molar-refractivity contribution is 0.395. The molecule has 1 aromatic rings. The Morgan fingerprint density at radius 1 is 1.42 bits per heavy atom. The quantitative estimate of drug-likeness (QED) is 0.611. The number of hydrogen-bond acceptors (Lipinski definition) is 1. The van der Waals surface area contributed by atoms with Gasteiger partial charge in [0.2, 0.25) is 0 Å². The van der Waals surface area contributed by atoms with Crippen molar-refractivity contribution in [2.24, 2.45) is 0 Å². The molecule has 68 valence electrons. The summed E-state index contributed by atoms with van der Waals surface area (Å²) in [6, 6.07) is 2.04. The zero-order valence-electron chi connectivity index (χ0n) is 8.07. The van der Waals surface area contributed by atoms with Gasteiger partial charge in [-0.25, -0.2) is 0 Å². The first-order valence-corrected chi connectivity index (χ1v) is 4.64. The second-order valence-corrected chi connectivity index (χ2v) is 4.34. The maximum absolute atomic E-state index is 5.74. The number of furan rings is 1. The third kappa shape index (κ3) is 1.84. The maximum atomic E-state index is 5.74. The summed E-state index contributed by atoms with van der Waals surface area (Å²) in [5.74, 6) is 2.48. The molecule has 0 aliphatic heterocycles. The molecule has 0 saturated heterocycles. The number of alkyl halides is 1. The summed E-state index contributed by atoms with van der Waals surface area (Å²) in [6.07, 6.45) is 0. The first kappa shape index (κ1) is 9.66. The predicted octanol–water partition coefficient (Wildman–Crippen LogP) is 3.62. The largest absolute Gasteiger partial charge is 0.465 e. The van der Waals surface area contributed by atoms with E-state index in [2.05, 4.69) is 20.8 Å². The summed E-state index contributed by atoms with van der Waals surface area (Å²) in [7, 11) is 0. The standard InChI is InChI=1S/C10H15ClO/c1-7-8(6-11)5-9(12-7)10(2,3)4/h5H,6H2,1-4H3. The Morgan fingerprint density at radius 2 is 2.00 bits per heavy atom. The van der Waals surface area contributed by atoms with Crippen LogP contribution in [-0.2, 0) is 11.3 Å². The zero-order chi connectivity index (χ0) is 9.35. The molecule has 1 nitrogen and oxygen atoms in total. The van der Waals surface area contributed by atoms with E-state index in [-0.39, 0.29) is 5.41 Å². The highest BCUT2D eigenvalue weighted by Gasteiger charge is 2.19. The molecule has 0 atom stereocenters. The van der Waals surface area contributed by atoms with E-state index in [0.29, 0.717) is 5.88 Å². The van der Waals surface area contributed by atoms with Gasteiger partial charge in [-0.05, 0) is 13.0 Å². The van der Waals surface area contributed by atoms with Gasteiger partial charge in [0, 0.05) is 11.0 Å². The van der Waals surface area contributed by atoms with Crippen LogP contribution in [0.25, 0.3) is 0 Å². The van der Waals surface area contributed by atoms with Crippen molar-refractivity contribution >= 4 is 11.6 Å². The molecule has 0 aliphatic carbocycles. The van der Waals surface area contributed by atoms with Gasteiger partial charge in [0.15, 0.2) is 0 Å². The Balaban J connectivity index is 3.05. The van der Waals surface area contributed by atoms with Crippen molar-refractivity contribution in [1.82, 2.24) is 0 Å². The van der Waals surface area contributed by atoms with Crippen LogP contribution in [0, 0.1) is 6.92 Å². The van der Waals surface area contributed by atoms with Crippen molar-refractivity contribution in [3.8, 4) is 0 Å². The van der Waals surface area contributed by atoms with E-state index < -0.39 is 0 Å². The third-order valence-corrected chi connectivity index (χ3v) is 2.19. The van der Waals surface area contributed by atoms with Crippen LogP contribution in [-0.4, -0.2) is 0 Å². The van der Waals surface area contributed by atoms with Crippen LogP contribution in [0.3, 0.4) is 0 Å². The van der Waals surface area contributed by atoms with E-state index in [1.807, 2.05) is 13.0 Å². The second kappa shape index (κ2) is 3.14. The molecular formula is C10H15ClO. The average molecular weight is 187 g/mol. The first-order chi connectivity index (χ1) is 5.45. The van der Waals surface area contributed by atoms with Crippen molar-refractivity contribution in [1.29, 1.82) is 0 Å². The van der Waals surface area contributed by atoms with Crippen LogP contribution < -0.4 is 0 Å². The molecule has 12 heavy (non-hydrogen) atoms. The van der Waals surface area contributed by atoms with Crippen LogP contribution in [0.15, 0.2) is 10.5 Å². The van der Waals surface area contributed by atoms with Gasteiger partial charge in [0.1, 0.15) is 11.5 Å². The highest BCUT2D eigenvalue weighted by Crippen LogP contribution is 2.27. The van der Waals surface area contributed by atoms with Crippen molar-refractivity contribution in [2.75, 3.05) is 0 Å². The molecule has 0 N–H and O–H groups in total. The molecule has 0 unspecified atom stereocenters. The van der Waals surface area contributed by atoms with E-state index in [9.17, 15) is 0 Å². The maximum Gasteiger partial charge on any atom is 0.109 e. The number of hydrogen-bond donors (Lipinski definition) is 0. The van der Waals surface area contributed by atoms with Gasteiger partial charge in [-0.3, -0.25) is 0 Å². The summed E-state index contributed by atoms with van der Waals surface area (Å²) in [4.78, 5) is 0. The van der Waals surface area contributed by atoms with Gasteiger partial charge in [-0.2, -0.15) is 0 Å². The first-order valence-electron chi connectivity index (χ1n) is 4.11. The molecule has 2 heteroatoms. The topological polar surface area (TPSA) is 13.1 Å². The molecule has 1 aromatic heterocycles. The lowest BCUT2D eigenvalue weighted by Crippen LogP contribution is -2.09. The number of halogens is 1. The molecule has 0 radical (unpaired) electrons. The second-order valence-electron chi connectivity index (χ2n) is 4.08. The predicted molar refractivity (Wildman–Crippen MR) is 51.7 cm³/mol. The molecular weight excluding hydrogens is 172 g/mol. The fourth-order valence-electron chi connectivity index (χ4n) is 1.02. The van der Waals surface area contributed by atoms with Gasteiger partial charge in [0.25, 0.3) is 0 Å². The SMILES string of the molecule is Cc1oc(C(C)(C)C)cc1CCl. The van der Waals surface area contributed by atoms with Gasteiger partial charge in [-0.15, -0.1) is 11.6 Å². The monoisotopic (exact) mass is 186 g/mol. The molecule has 0 aromatic carbocycles. The van der Waals surface area contributed by atoms with E-state index in [0.717, 1.165) is 17.1 Å². The third-order valence-electron chi connectivity index (χ3n) is 1.90. The minimum atomic E-state index is 0.0784. The summed E-state index contributed by atoms with van der Waals surface area (Å²) >= 11 is 5.74. The van der Waals surface area contributed by atoms with E-state index in [1.54, 1.807) is 0 Å². The fourth-order valence-corrected chi connectivity index (χ4v) is 1.29. The molecule has 0 amide bonds. The molecule has 0 spiro atoms. The van der Waals surface area contributed by atoms with Crippen LogP contribution in [0.4, 0.5) is 0 Å². The Bertz CT molecular complexity index is 268. The summed E-state index contributed by atoms with van der Waals surface area (Å²) in [6.45, 7) is 8.34. The summed E-state index contributed by atoms with van der Waals surface area (Å²) < 4.78 is 5.59. The van der Waals surface area contributed by atoms with Crippen molar-refractivity contribution < 1.29 is 4.42 Å². The van der Waals surface area contributed by atoms with Crippen LogP contribution in [0.1, 0.15) is 37.9 Å². The highest BCUT2D eigenvalue weighted by atomic mass is 35.5. The van der Waals surface area contributed by atoms with Gasteiger partial charge in [0.05, 0.1) is 5.88 Å². The van der Waals surface area contributed by atoms with Crippen LogP contribution in [0.5, 0.6) is 0 Å². The minimum absolute atomic E-state index is 0.0784. The van der Waals surface area contributed by atoms with Crippen LogP contribution in [0.2, 0.25) is 0 Å². The molecule has 0 aliphatic rings. The van der Waals surface area contributed by atoms with E-state index >= 15 is 0 Å². The van der Waals surface area contributed by atoms with Crippen LogP contribution >= 0.6 is 11.6 Å². The zero-order valence-corrected chi connectivity index (χ0v) is 8.83. The Hall–Kier alpha value is -0.430. The Kier molecular flexibility index (Phi) is 2.52. The van der Waals surface area contributed by atoms with Gasteiger partial charge in [-0.1, -0.05) is 20.8 Å². The molecule has 0 saturated carbocycles. The molecule has 0 fully saturated rings. The number of rotatable bonds is 1. The number of aryl methyl sites for hydroxylation is 1. The van der Waals surface area contributed by atoms with E-state index in [4.69, 9.17) is 16.0 Å². The molecule has 1 heterocycles. The summed E-state index contributed by atoms with van der Waals surface area (Å²) in [5.41, 5.74) is 1.18. The van der Waals surface area contributed by atoms with Crippen molar-refractivity contribution in [3.05, 3.63) is 23.2 Å². The smallest absolute Gasteiger partial charge is 0.109 e. The average Bonchev–Trinajstić information content (AvgIpc) is 2.29. The van der Waals surface area contributed by atoms with Gasteiger partial charge >= 0.3 is 0 Å². The minimum Gasteiger partial charge on any atom is -0.465 e. The Labute approximate surface area is 78.7 Å². The summed E-state index contributed by atoms with van der Waals surface area (Å²) in [5, 5.41) is 0. The lowest BCUT2D eigenvalue weighted by Gasteiger charge is -2.13. The lowest BCUT2D eigenvalue weighted by atomic mass is 9.93. The van der Waals surface area contributed by atoms with Crippen molar-refractivity contribution in [3.63, 3.8) is 0 Å². The van der Waals surface area contributed by atoms with E-state index in [1.165, 1.54) is 0 Å². The molecule has 0 bridgehead atoms. The molecule has 1 rings (SSSR count). The Morgan fingerprint density at radius 3 is 2.25 bits per heavy atom. The highest BCUT2D eigenvalue weighted by molar-refractivity contribution is 6.17. The van der Waals surface area contributed by atoms with Crippen molar-refractivity contribution in [2.45, 2.75) is 39.0 Å².